The summed E-state index contributed by atoms with van der Waals surface area (Å²) in [7, 11) is 0. The molecule has 0 amide bonds. The number of hydrogen-bond acceptors (Lipinski definition) is 4. The normalized spacial score (nSPS) is 18.1. The van der Waals surface area contributed by atoms with Crippen molar-refractivity contribution in [3.8, 4) is 5.75 Å². The van der Waals surface area contributed by atoms with Gasteiger partial charge in [-0.25, -0.2) is 4.39 Å². The lowest BCUT2D eigenvalue weighted by Gasteiger charge is -2.35. The van der Waals surface area contributed by atoms with Crippen molar-refractivity contribution in [2.45, 2.75) is 6.04 Å². The first-order chi connectivity index (χ1) is 9.75. The molecule has 0 saturated carbocycles. The largest absolute Gasteiger partial charge is 0.508 e. The maximum absolute atomic E-state index is 14.2. The van der Waals surface area contributed by atoms with Crippen LogP contribution in [0.1, 0.15) is 17.2 Å². The molecular formula is C15H17FN2OS. The van der Waals surface area contributed by atoms with E-state index in [2.05, 4.69) is 15.6 Å². The van der Waals surface area contributed by atoms with E-state index in [1.807, 2.05) is 11.4 Å². The molecule has 1 saturated heterocycles. The molecule has 2 aromatic rings. The second-order valence-corrected chi connectivity index (χ2v) is 5.73. The highest BCUT2D eigenvalue weighted by Gasteiger charge is 2.26. The van der Waals surface area contributed by atoms with Gasteiger partial charge in [-0.2, -0.15) is 11.3 Å². The maximum atomic E-state index is 14.2. The third-order valence-electron chi connectivity index (χ3n) is 3.65. The van der Waals surface area contributed by atoms with E-state index in [0.717, 1.165) is 31.7 Å². The summed E-state index contributed by atoms with van der Waals surface area (Å²) in [5.74, 6) is -0.379. The van der Waals surface area contributed by atoms with Crippen LogP contribution in [-0.2, 0) is 0 Å². The molecule has 0 aliphatic carbocycles. The van der Waals surface area contributed by atoms with E-state index in [1.165, 1.54) is 6.07 Å². The summed E-state index contributed by atoms with van der Waals surface area (Å²) >= 11 is 1.62. The van der Waals surface area contributed by atoms with Crippen molar-refractivity contribution < 1.29 is 9.50 Å². The second kappa shape index (κ2) is 5.91. The lowest BCUT2D eigenvalue weighted by molar-refractivity contribution is 0.195. The summed E-state index contributed by atoms with van der Waals surface area (Å²) in [4.78, 5) is 2.29. The molecule has 1 aromatic heterocycles. The quantitative estimate of drug-likeness (QED) is 0.913. The van der Waals surface area contributed by atoms with E-state index in [4.69, 9.17) is 0 Å². The van der Waals surface area contributed by atoms with Crippen LogP contribution in [0.4, 0.5) is 4.39 Å². The Morgan fingerprint density at radius 3 is 2.70 bits per heavy atom. The van der Waals surface area contributed by atoms with Crippen LogP contribution in [0.15, 0.2) is 35.0 Å². The molecule has 1 aliphatic rings. The van der Waals surface area contributed by atoms with Gasteiger partial charge in [-0.1, -0.05) is 6.07 Å². The number of nitrogens with one attached hydrogen (secondary N) is 1. The number of piperazine rings is 1. The predicted octanol–water partition coefficient (Wildman–Crippen LogP) is 2.59. The Labute approximate surface area is 121 Å². The van der Waals surface area contributed by atoms with Gasteiger partial charge in [0.2, 0.25) is 0 Å². The highest BCUT2D eigenvalue weighted by Crippen LogP contribution is 2.33. The van der Waals surface area contributed by atoms with Crippen LogP contribution in [0, 0.1) is 5.82 Å². The van der Waals surface area contributed by atoms with Crippen LogP contribution in [0.2, 0.25) is 0 Å². The van der Waals surface area contributed by atoms with Crippen LogP contribution >= 0.6 is 11.3 Å². The summed E-state index contributed by atoms with van der Waals surface area (Å²) < 4.78 is 14.2. The molecule has 1 aliphatic heterocycles. The van der Waals surface area contributed by atoms with Crippen LogP contribution in [-0.4, -0.2) is 36.2 Å². The Morgan fingerprint density at radius 1 is 1.25 bits per heavy atom. The summed E-state index contributed by atoms with van der Waals surface area (Å²) in [5.41, 5.74) is 1.74. The van der Waals surface area contributed by atoms with E-state index in [0.29, 0.717) is 5.56 Å². The first-order valence-electron chi connectivity index (χ1n) is 6.71. The molecule has 5 heteroatoms. The first-order valence-corrected chi connectivity index (χ1v) is 7.65. The van der Waals surface area contributed by atoms with E-state index in [-0.39, 0.29) is 17.6 Å². The molecule has 0 bridgehead atoms. The monoisotopic (exact) mass is 292 g/mol. The van der Waals surface area contributed by atoms with Crippen LogP contribution in [0.3, 0.4) is 0 Å². The van der Waals surface area contributed by atoms with Gasteiger partial charge in [0.1, 0.15) is 11.6 Å². The van der Waals surface area contributed by atoms with Crippen molar-refractivity contribution in [1.82, 2.24) is 10.2 Å². The number of benzene rings is 1. The fraction of sp³-hybridized carbons (Fsp3) is 0.333. The minimum Gasteiger partial charge on any atom is -0.508 e. The fourth-order valence-corrected chi connectivity index (χ4v) is 3.37. The molecule has 0 radical (unpaired) electrons. The van der Waals surface area contributed by atoms with Crippen molar-refractivity contribution in [2.24, 2.45) is 0 Å². The fourth-order valence-electron chi connectivity index (χ4n) is 2.70. The first kappa shape index (κ1) is 13.5. The van der Waals surface area contributed by atoms with Gasteiger partial charge in [0.15, 0.2) is 0 Å². The maximum Gasteiger partial charge on any atom is 0.132 e. The number of thiophene rings is 1. The summed E-state index contributed by atoms with van der Waals surface area (Å²) in [6.45, 7) is 3.61. The van der Waals surface area contributed by atoms with E-state index in [1.54, 1.807) is 23.5 Å². The number of aromatic hydroxyl groups is 1. The van der Waals surface area contributed by atoms with Gasteiger partial charge in [-0.3, -0.25) is 4.90 Å². The number of nitrogens with zero attached hydrogens (tertiary/aromatic N) is 1. The number of rotatable bonds is 3. The van der Waals surface area contributed by atoms with Gasteiger partial charge < -0.3 is 10.4 Å². The summed E-state index contributed by atoms with van der Waals surface area (Å²) in [5, 5.41) is 16.8. The molecule has 3 nitrogen and oxygen atoms in total. The zero-order valence-corrected chi connectivity index (χ0v) is 11.9. The summed E-state index contributed by atoms with van der Waals surface area (Å²) in [6, 6.07) is 6.40. The van der Waals surface area contributed by atoms with Crippen LogP contribution in [0.25, 0.3) is 0 Å². The molecule has 2 N–H and O–H groups in total. The van der Waals surface area contributed by atoms with Crippen LogP contribution < -0.4 is 5.32 Å². The van der Waals surface area contributed by atoms with E-state index < -0.39 is 0 Å². The third-order valence-corrected chi connectivity index (χ3v) is 4.36. The van der Waals surface area contributed by atoms with E-state index >= 15 is 0 Å². The van der Waals surface area contributed by atoms with Gasteiger partial charge in [-0.05, 0) is 28.5 Å². The van der Waals surface area contributed by atoms with Gasteiger partial charge in [0.05, 0.1) is 6.04 Å². The second-order valence-electron chi connectivity index (χ2n) is 4.95. The van der Waals surface area contributed by atoms with Gasteiger partial charge in [0, 0.05) is 37.8 Å². The van der Waals surface area contributed by atoms with Crippen LogP contribution in [0.5, 0.6) is 5.75 Å². The van der Waals surface area contributed by atoms with Crippen molar-refractivity contribution in [3.63, 3.8) is 0 Å². The molecule has 2 heterocycles. The topological polar surface area (TPSA) is 35.5 Å². The molecular weight excluding hydrogens is 275 g/mol. The number of phenols is 1. The lowest BCUT2D eigenvalue weighted by atomic mass is 9.98. The van der Waals surface area contributed by atoms with Gasteiger partial charge in [-0.15, -0.1) is 0 Å². The average molecular weight is 292 g/mol. The van der Waals surface area contributed by atoms with Gasteiger partial charge in [0.25, 0.3) is 0 Å². The molecule has 0 spiro atoms. The molecule has 1 aromatic carbocycles. The molecule has 3 rings (SSSR count). The molecule has 1 atom stereocenters. The van der Waals surface area contributed by atoms with E-state index in [9.17, 15) is 9.50 Å². The Kier molecular flexibility index (Phi) is 4.00. The zero-order chi connectivity index (χ0) is 13.9. The number of hydrogen-bond donors (Lipinski definition) is 2. The number of phenolic OH excluding ortho intramolecular Hbond substituents is 1. The number of halogens is 1. The molecule has 0 unspecified atom stereocenters. The molecule has 20 heavy (non-hydrogen) atoms. The minimum absolute atomic E-state index is 0.0318. The molecule has 1 fully saturated rings. The predicted molar refractivity (Wildman–Crippen MR) is 78.7 cm³/mol. The smallest absolute Gasteiger partial charge is 0.132 e. The lowest BCUT2D eigenvalue weighted by Crippen LogP contribution is -2.45. The highest BCUT2D eigenvalue weighted by atomic mass is 32.1. The molecule has 106 valence electrons. The van der Waals surface area contributed by atoms with Gasteiger partial charge >= 0.3 is 0 Å². The zero-order valence-electron chi connectivity index (χ0n) is 11.1. The summed E-state index contributed by atoms with van der Waals surface area (Å²) in [6.07, 6.45) is 0. The van der Waals surface area contributed by atoms with Crippen molar-refractivity contribution in [1.29, 1.82) is 0 Å². The SMILES string of the molecule is Oc1ccc([C@H](c2ccsc2)N2CCNCC2)c(F)c1. The van der Waals surface area contributed by atoms with Crippen molar-refractivity contribution >= 4 is 11.3 Å². The minimum atomic E-state index is -0.347. The standard InChI is InChI=1S/C15H17FN2OS/c16-14-9-12(19)1-2-13(14)15(11-3-8-20-10-11)18-6-4-17-5-7-18/h1-3,8-10,15,17,19H,4-7H2/t15-/m0/s1. The van der Waals surface area contributed by atoms with Crippen molar-refractivity contribution in [3.05, 3.63) is 52.0 Å². The Morgan fingerprint density at radius 2 is 2.05 bits per heavy atom. The Balaban J connectivity index is 2.00. The average Bonchev–Trinajstić information content (AvgIpc) is 2.97. The third kappa shape index (κ3) is 2.70. The Hall–Kier alpha value is -1.43. The highest BCUT2D eigenvalue weighted by molar-refractivity contribution is 7.08. The Bertz CT molecular complexity index is 567. The van der Waals surface area contributed by atoms with Crippen molar-refractivity contribution in [2.75, 3.05) is 26.2 Å².